The molecule has 2 N–H and O–H groups in total. The zero-order valence-electron chi connectivity index (χ0n) is 10.5. The van der Waals surface area contributed by atoms with Crippen molar-refractivity contribution in [2.75, 3.05) is 24.8 Å². The molecule has 2 rings (SSSR count). The van der Waals surface area contributed by atoms with Crippen LogP contribution in [0.3, 0.4) is 0 Å². The van der Waals surface area contributed by atoms with E-state index in [1.54, 1.807) is 19.2 Å². The zero-order chi connectivity index (χ0) is 14.7. The van der Waals surface area contributed by atoms with Crippen LogP contribution in [0.1, 0.15) is 0 Å². The molecule has 20 heavy (non-hydrogen) atoms. The Morgan fingerprint density at radius 3 is 2.45 bits per heavy atom. The predicted octanol–water partition coefficient (Wildman–Crippen LogP) is 3.73. The summed E-state index contributed by atoms with van der Waals surface area (Å²) >= 11 is 15.5. The Morgan fingerprint density at radius 2 is 1.80 bits per heavy atom. The molecule has 0 spiro atoms. The minimum atomic E-state index is 0.186. The van der Waals surface area contributed by atoms with Crippen LogP contribution in [-0.2, 0) is 0 Å². The molecule has 0 saturated carbocycles. The first-order chi connectivity index (χ1) is 9.55. The van der Waals surface area contributed by atoms with Crippen molar-refractivity contribution in [3.63, 3.8) is 0 Å². The summed E-state index contributed by atoms with van der Waals surface area (Å²) in [7, 11) is 3.17. The van der Waals surface area contributed by atoms with E-state index >= 15 is 0 Å². The molecule has 9 heteroatoms. The largest absolute Gasteiger partial charge is 0.467 e. The molecule has 0 atom stereocenters. The molecule has 106 valence electrons. The van der Waals surface area contributed by atoms with Crippen molar-refractivity contribution in [1.29, 1.82) is 0 Å². The lowest BCUT2D eigenvalue weighted by Crippen LogP contribution is -2.05. The van der Waals surface area contributed by atoms with Gasteiger partial charge in [0.25, 0.3) is 0 Å². The summed E-state index contributed by atoms with van der Waals surface area (Å²) in [6, 6.07) is 3.72. The van der Waals surface area contributed by atoms with Crippen LogP contribution < -0.4 is 15.4 Å². The van der Waals surface area contributed by atoms with E-state index in [2.05, 4.69) is 41.5 Å². The topological polar surface area (TPSA) is 72.0 Å². The summed E-state index contributed by atoms with van der Waals surface area (Å²) in [6.45, 7) is 0. The first-order valence-electron chi connectivity index (χ1n) is 5.43. The van der Waals surface area contributed by atoms with Gasteiger partial charge in [0.05, 0.1) is 22.8 Å². The molecular weight excluding hydrogens is 369 g/mol. The molecular formula is C11H10BrCl2N5O. The summed E-state index contributed by atoms with van der Waals surface area (Å²) in [5, 5.41) is 6.56. The van der Waals surface area contributed by atoms with Gasteiger partial charge >= 0.3 is 6.01 Å². The monoisotopic (exact) mass is 377 g/mol. The Hall–Kier alpha value is -1.31. The molecule has 1 aromatic heterocycles. The van der Waals surface area contributed by atoms with Gasteiger partial charge < -0.3 is 15.4 Å². The summed E-state index contributed by atoms with van der Waals surface area (Å²) in [5.41, 5.74) is 0.579. The third kappa shape index (κ3) is 3.23. The molecule has 0 amide bonds. The number of hydrogen-bond acceptors (Lipinski definition) is 6. The van der Waals surface area contributed by atoms with Gasteiger partial charge in [0.2, 0.25) is 11.9 Å². The van der Waals surface area contributed by atoms with Crippen LogP contribution >= 0.6 is 39.1 Å². The Kier molecular flexibility index (Phi) is 4.85. The molecule has 0 aliphatic heterocycles. The van der Waals surface area contributed by atoms with E-state index in [1.165, 1.54) is 7.11 Å². The fraction of sp³-hybridized carbons (Fsp3) is 0.182. The Balaban J connectivity index is 2.37. The standard InChI is InChI=1S/C11H10BrCl2N5O/c1-15-9-17-10(19-11(18-9)20-2)16-6-4-3-5(12)7(13)8(6)14/h3-4H,1-2H3,(H2,15,16,17,18,19). The molecule has 0 aliphatic rings. The average Bonchev–Trinajstić information content (AvgIpc) is 2.47. The number of hydrogen-bond donors (Lipinski definition) is 2. The number of ether oxygens (including phenoxy) is 1. The van der Waals surface area contributed by atoms with Crippen LogP contribution in [0.5, 0.6) is 6.01 Å². The molecule has 0 bridgehead atoms. The van der Waals surface area contributed by atoms with Gasteiger partial charge in [0.15, 0.2) is 0 Å². The molecule has 0 unspecified atom stereocenters. The van der Waals surface area contributed by atoms with Crippen LogP contribution in [0, 0.1) is 0 Å². The molecule has 2 aromatic rings. The maximum Gasteiger partial charge on any atom is 0.322 e. The van der Waals surface area contributed by atoms with E-state index in [0.717, 1.165) is 0 Å². The zero-order valence-corrected chi connectivity index (χ0v) is 13.6. The summed E-state index contributed by atoms with van der Waals surface area (Å²) in [5.74, 6) is 0.667. The third-order valence-electron chi connectivity index (χ3n) is 2.30. The number of halogens is 3. The molecule has 0 saturated heterocycles. The molecule has 6 nitrogen and oxygen atoms in total. The summed E-state index contributed by atoms with van der Waals surface area (Å²) in [6.07, 6.45) is 0. The summed E-state index contributed by atoms with van der Waals surface area (Å²) < 4.78 is 5.71. The minimum absolute atomic E-state index is 0.186. The van der Waals surface area contributed by atoms with Crippen molar-refractivity contribution in [1.82, 2.24) is 15.0 Å². The number of rotatable bonds is 4. The van der Waals surface area contributed by atoms with Gasteiger partial charge in [-0.1, -0.05) is 23.2 Å². The summed E-state index contributed by atoms with van der Waals surface area (Å²) in [4.78, 5) is 12.2. The average molecular weight is 379 g/mol. The quantitative estimate of drug-likeness (QED) is 0.789. The highest BCUT2D eigenvalue weighted by Crippen LogP contribution is 2.36. The van der Waals surface area contributed by atoms with Crippen molar-refractivity contribution in [2.45, 2.75) is 0 Å². The van der Waals surface area contributed by atoms with E-state index < -0.39 is 0 Å². The van der Waals surface area contributed by atoms with Gasteiger partial charge in [-0.2, -0.15) is 15.0 Å². The van der Waals surface area contributed by atoms with Crippen LogP contribution in [0.25, 0.3) is 0 Å². The van der Waals surface area contributed by atoms with Crippen molar-refractivity contribution in [3.05, 3.63) is 26.7 Å². The first kappa shape index (κ1) is 15.1. The van der Waals surface area contributed by atoms with Gasteiger partial charge in [-0.15, -0.1) is 0 Å². The van der Waals surface area contributed by atoms with Gasteiger partial charge in [-0.3, -0.25) is 0 Å². The lowest BCUT2D eigenvalue weighted by Gasteiger charge is -2.10. The second kappa shape index (κ2) is 6.43. The maximum atomic E-state index is 6.15. The predicted molar refractivity (Wildman–Crippen MR) is 83.4 cm³/mol. The second-order valence-electron chi connectivity index (χ2n) is 3.57. The highest BCUT2D eigenvalue weighted by molar-refractivity contribution is 9.10. The van der Waals surface area contributed by atoms with E-state index in [1.807, 2.05) is 0 Å². The van der Waals surface area contributed by atoms with E-state index in [-0.39, 0.29) is 6.01 Å². The number of aromatic nitrogens is 3. The lowest BCUT2D eigenvalue weighted by molar-refractivity contribution is 0.379. The number of anilines is 3. The minimum Gasteiger partial charge on any atom is -0.467 e. The highest BCUT2D eigenvalue weighted by atomic mass is 79.9. The number of benzene rings is 1. The molecule has 1 heterocycles. The molecule has 0 fully saturated rings. The van der Waals surface area contributed by atoms with E-state index in [9.17, 15) is 0 Å². The number of methoxy groups -OCH3 is 1. The van der Waals surface area contributed by atoms with Crippen molar-refractivity contribution in [2.24, 2.45) is 0 Å². The van der Waals surface area contributed by atoms with Gasteiger partial charge in [0, 0.05) is 11.5 Å². The van der Waals surface area contributed by atoms with Gasteiger partial charge in [-0.05, 0) is 28.1 Å². The molecule has 0 aliphatic carbocycles. The SMILES string of the molecule is CNc1nc(Nc2ccc(Br)c(Cl)c2Cl)nc(OC)n1. The van der Waals surface area contributed by atoms with Crippen molar-refractivity contribution < 1.29 is 4.74 Å². The Labute approximate surface area is 134 Å². The smallest absolute Gasteiger partial charge is 0.322 e. The lowest BCUT2D eigenvalue weighted by atomic mass is 10.3. The van der Waals surface area contributed by atoms with Crippen molar-refractivity contribution in [3.8, 4) is 6.01 Å². The number of nitrogens with zero attached hydrogens (tertiary/aromatic N) is 3. The Bertz CT molecular complexity index is 618. The first-order valence-corrected chi connectivity index (χ1v) is 6.98. The Morgan fingerprint density at radius 1 is 1.10 bits per heavy atom. The van der Waals surface area contributed by atoms with Gasteiger partial charge in [0.1, 0.15) is 0 Å². The fourth-order valence-electron chi connectivity index (χ4n) is 1.36. The van der Waals surface area contributed by atoms with Crippen LogP contribution in [0.15, 0.2) is 16.6 Å². The maximum absolute atomic E-state index is 6.15. The second-order valence-corrected chi connectivity index (χ2v) is 5.18. The molecule has 0 radical (unpaired) electrons. The third-order valence-corrected chi connectivity index (χ3v) is 4.07. The van der Waals surface area contributed by atoms with E-state index in [0.29, 0.717) is 32.1 Å². The highest BCUT2D eigenvalue weighted by Gasteiger charge is 2.11. The van der Waals surface area contributed by atoms with Gasteiger partial charge in [-0.25, -0.2) is 0 Å². The number of nitrogens with one attached hydrogen (secondary N) is 2. The van der Waals surface area contributed by atoms with Crippen LogP contribution in [0.4, 0.5) is 17.6 Å². The van der Waals surface area contributed by atoms with E-state index in [4.69, 9.17) is 27.9 Å². The van der Waals surface area contributed by atoms with Crippen molar-refractivity contribution >= 4 is 56.7 Å². The van der Waals surface area contributed by atoms with Crippen LogP contribution in [0.2, 0.25) is 10.0 Å². The normalized spacial score (nSPS) is 10.2. The fourth-order valence-corrected chi connectivity index (χ4v) is 2.18. The van der Waals surface area contributed by atoms with Crippen LogP contribution in [-0.4, -0.2) is 29.1 Å². The molecule has 1 aromatic carbocycles.